The summed E-state index contributed by atoms with van der Waals surface area (Å²) in [6, 6.07) is 8.14. The Kier molecular flexibility index (Phi) is 5.02. The monoisotopic (exact) mass is 353 g/mol. The van der Waals surface area contributed by atoms with Crippen molar-refractivity contribution in [2.24, 2.45) is 5.92 Å². The lowest BCUT2D eigenvalue weighted by Gasteiger charge is -2.45. The SMILES string of the molecule is CN(C[C@H]1CCCN2CCCC[C@H]12)C(=O)c1cc(-c2ccccn2)n[nH]1. The molecule has 2 atom stereocenters. The van der Waals surface area contributed by atoms with Gasteiger partial charge in [0, 0.05) is 25.8 Å². The lowest BCUT2D eigenvalue weighted by molar-refractivity contribution is 0.0401. The number of carbonyl (C=O) groups excluding carboxylic acids is 1. The molecule has 0 spiro atoms. The third-order valence-electron chi connectivity index (χ3n) is 5.82. The second-order valence-corrected chi connectivity index (χ2v) is 7.57. The smallest absolute Gasteiger partial charge is 0.271 e. The van der Waals surface area contributed by atoms with Crippen LogP contribution >= 0.6 is 0 Å². The van der Waals surface area contributed by atoms with Gasteiger partial charge in [-0.25, -0.2) is 0 Å². The van der Waals surface area contributed by atoms with E-state index >= 15 is 0 Å². The van der Waals surface area contributed by atoms with Crippen LogP contribution in [0.4, 0.5) is 0 Å². The Morgan fingerprint density at radius 3 is 2.96 bits per heavy atom. The van der Waals surface area contributed by atoms with E-state index in [1.54, 1.807) is 12.3 Å². The van der Waals surface area contributed by atoms with E-state index in [1.807, 2.05) is 30.1 Å². The Labute approximate surface area is 154 Å². The maximum atomic E-state index is 12.8. The Bertz CT molecular complexity index is 742. The summed E-state index contributed by atoms with van der Waals surface area (Å²) in [6.45, 7) is 3.28. The van der Waals surface area contributed by atoms with Gasteiger partial charge in [-0.3, -0.25) is 14.9 Å². The van der Waals surface area contributed by atoms with Gasteiger partial charge in [0.1, 0.15) is 11.4 Å². The predicted octanol–water partition coefficient (Wildman–Crippen LogP) is 2.81. The number of nitrogens with one attached hydrogen (secondary N) is 1. The Morgan fingerprint density at radius 1 is 1.23 bits per heavy atom. The summed E-state index contributed by atoms with van der Waals surface area (Å²) < 4.78 is 0. The van der Waals surface area contributed by atoms with Gasteiger partial charge in [-0.15, -0.1) is 0 Å². The van der Waals surface area contributed by atoms with E-state index in [2.05, 4.69) is 20.1 Å². The van der Waals surface area contributed by atoms with E-state index < -0.39 is 0 Å². The molecule has 0 aromatic carbocycles. The molecule has 2 aliphatic heterocycles. The Morgan fingerprint density at radius 2 is 2.12 bits per heavy atom. The van der Waals surface area contributed by atoms with Gasteiger partial charge in [0.2, 0.25) is 0 Å². The molecule has 26 heavy (non-hydrogen) atoms. The highest BCUT2D eigenvalue weighted by Crippen LogP contribution is 2.31. The first kappa shape index (κ1) is 17.2. The quantitative estimate of drug-likeness (QED) is 0.918. The maximum Gasteiger partial charge on any atom is 0.271 e. The molecule has 2 aromatic rings. The number of fused-ring (bicyclic) bond motifs is 1. The zero-order valence-electron chi connectivity index (χ0n) is 15.4. The first-order chi connectivity index (χ1) is 12.7. The van der Waals surface area contributed by atoms with Crippen molar-refractivity contribution in [2.75, 3.05) is 26.7 Å². The van der Waals surface area contributed by atoms with Crippen molar-refractivity contribution in [3.63, 3.8) is 0 Å². The molecule has 138 valence electrons. The van der Waals surface area contributed by atoms with Gasteiger partial charge in [0.25, 0.3) is 5.91 Å². The molecule has 4 rings (SSSR count). The number of hydrogen-bond acceptors (Lipinski definition) is 4. The topological polar surface area (TPSA) is 65.1 Å². The lowest BCUT2D eigenvalue weighted by Crippen LogP contribution is -2.51. The fourth-order valence-corrected chi connectivity index (χ4v) is 4.51. The molecule has 6 heteroatoms. The Balaban J connectivity index is 1.42. The van der Waals surface area contributed by atoms with Crippen molar-refractivity contribution in [3.8, 4) is 11.4 Å². The zero-order valence-corrected chi connectivity index (χ0v) is 15.4. The number of hydrogen-bond donors (Lipinski definition) is 1. The van der Waals surface area contributed by atoms with Crippen LogP contribution in [0.3, 0.4) is 0 Å². The van der Waals surface area contributed by atoms with Crippen LogP contribution in [0.5, 0.6) is 0 Å². The van der Waals surface area contributed by atoms with Crippen LogP contribution in [-0.4, -0.2) is 63.6 Å². The number of aromatic nitrogens is 3. The van der Waals surface area contributed by atoms with Gasteiger partial charge in [-0.1, -0.05) is 12.5 Å². The summed E-state index contributed by atoms with van der Waals surface area (Å²) >= 11 is 0. The van der Waals surface area contributed by atoms with Crippen molar-refractivity contribution < 1.29 is 4.79 Å². The summed E-state index contributed by atoms with van der Waals surface area (Å²) in [5.41, 5.74) is 2.01. The minimum Gasteiger partial charge on any atom is -0.340 e. The molecule has 4 heterocycles. The first-order valence-electron chi connectivity index (χ1n) is 9.68. The highest BCUT2D eigenvalue weighted by atomic mass is 16.2. The normalized spacial score (nSPS) is 23.4. The van der Waals surface area contributed by atoms with Crippen molar-refractivity contribution in [1.29, 1.82) is 0 Å². The molecule has 0 bridgehead atoms. The van der Waals surface area contributed by atoms with E-state index in [0.717, 1.165) is 12.2 Å². The molecule has 2 fully saturated rings. The number of amides is 1. The molecular formula is C20H27N5O. The molecule has 0 unspecified atom stereocenters. The molecule has 2 aromatic heterocycles. The highest BCUT2D eigenvalue weighted by Gasteiger charge is 2.34. The van der Waals surface area contributed by atoms with Crippen molar-refractivity contribution in [2.45, 2.75) is 38.1 Å². The predicted molar refractivity (Wildman–Crippen MR) is 101 cm³/mol. The molecule has 1 N–H and O–H groups in total. The average Bonchev–Trinajstić information content (AvgIpc) is 3.18. The highest BCUT2D eigenvalue weighted by molar-refractivity contribution is 5.93. The molecule has 0 saturated carbocycles. The lowest BCUT2D eigenvalue weighted by atomic mass is 9.83. The number of H-pyrrole nitrogens is 1. The largest absolute Gasteiger partial charge is 0.340 e. The van der Waals surface area contributed by atoms with Gasteiger partial charge in [0.05, 0.1) is 5.69 Å². The van der Waals surface area contributed by atoms with Gasteiger partial charge < -0.3 is 9.80 Å². The zero-order chi connectivity index (χ0) is 17.9. The van der Waals surface area contributed by atoms with E-state index in [9.17, 15) is 4.79 Å². The maximum absolute atomic E-state index is 12.8. The van der Waals surface area contributed by atoms with Gasteiger partial charge in [-0.2, -0.15) is 5.10 Å². The Hall–Kier alpha value is -2.21. The number of nitrogens with zero attached hydrogens (tertiary/aromatic N) is 4. The minimum absolute atomic E-state index is 0.00705. The van der Waals surface area contributed by atoms with Crippen molar-refractivity contribution in [1.82, 2.24) is 25.0 Å². The van der Waals surface area contributed by atoms with Crippen LogP contribution < -0.4 is 0 Å². The number of rotatable bonds is 4. The van der Waals surface area contributed by atoms with E-state index in [4.69, 9.17) is 0 Å². The number of pyridine rings is 1. The molecule has 1 amide bonds. The van der Waals surface area contributed by atoms with Crippen molar-refractivity contribution in [3.05, 3.63) is 36.2 Å². The van der Waals surface area contributed by atoms with Gasteiger partial charge >= 0.3 is 0 Å². The molecule has 2 saturated heterocycles. The number of piperidine rings is 2. The summed E-state index contributed by atoms with van der Waals surface area (Å²) in [6.07, 6.45) is 8.13. The second kappa shape index (κ2) is 7.58. The van der Waals surface area contributed by atoms with E-state index in [-0.39, 0.29) is 5.91 Å². The molecule has 0 aliphatic carbocycles. The standard InChI is InChI=1S/C20H27N5O/c1-24(14-15-7-6-12-25-11-5-3-9-19(15)25)20(26)18-13-17(22-23-18)16-8-2-4-10-21-16/h2,4,8,10,13,15,19H,3,5-7,9,11-12,14H2,1H3,(H,22,23)/t15-,19-/m1/s1. The third-order valence-corrected chi connectivity index (χ3v) is 5.82. The van der Waals surface area contributed by atoms with Crippen LogP contribution in [0.2, 0.25) is 0 Å². The van der Waals surface area contributed by atoms with Crippen LogP contribution in [0.1, 0.15) is 42.6 Å². The van der Waals surface area contributed by atoms with Gasteiger partial charge in [0.15, 0.2) is 0 Å². The summed E-state index contributed by atoms with van der Waals surface area (Å²) in [5, 5.41) is 7.15. The molecule has 6 nitrogen and oxygen atoms in total. The van der Waals surface area contributed by atoms with Crippen LogP contribution in [0, 0.1) is 5.92 Å². The van der Waals surface area contributed by atoms with Crippen LogP contribution in [-0.2, 0) is 0 Å². The van der Waals surface area contributed by atoms with Gasteiger partial charge in [-0.05, 0) is 62.9 Å². The fraction of sp³-hybridized carbons (Fsp3) is 0.550. The fourth-order valence-electron chi connectivity index (χ4n) is 4.51. The van der Waals surface area contributed by atoms with Crippen LogP contribution in [0.15, 0.2) is 30.5 Å². The summed E-state index contributed by atoms with van der Waals surface area (Å²) in [5.74, 6) is 0.587. The van der Waals surface area contributed by atoms with E-state index in [0.29, 0.717) is 23.3 Å². The van der Waals surface area contributed by atoms with E-state index in [1.165, 1.54) is 45.2 Å². The van der Waals surface area contributed by atoms with Crippen LogP contribution in [0.25, 0.3) is 11.4 Å². The summed E-state index contributed by atoms with van der Waals surface area (Å²) in [4.78, 5) is 21.6. The number of aromatic amines is 1. The van der Waals surface area contributed by atoms with Crippen molar-refractivity contribution >= 4 is 5.91 Å². The molecule has 2 aliphatic rings. The molecular weight excluding hydrogens is 326 g/mol. The first-order valence-corrected chi connectivity index (χ1v) is 9.68. The minimum atomic E-state index is 0.00705. The summed E-state index contributed by atoms with van der Waals surface area (Å²) in [7, 11) is 1.91. The molecule has 0 radical (unpaired) electrons. The second-order valence-electron chi connectivity index (χ2n) is 7.57. The third kappa shape index (κ3) is 3.51. The number of carbonyl (C=O) groups is 1. The average molecular weight is 353 g/mol.